The number of amides is 1. The standard InChI is InChI=1S/C25H22BrF3N4O3/c26-17-10-16(11-30-12-17)24(6-7-24)23-31-19-5-2-8-33(13-18(19)21(35)32-23)22(36)20(34)14-3-1-4-15(9-14)25(27,28)29/h1,3-4,9-12,20,34H,2,5-8,13H2,(H,31,32,35)/t20-/m1/s1. The summed E-state index contributed by atoms with van der Waals surface area (Å²) in [6.45, 7) is 0.152. The van der Waals surface area contributed by atoms with E-state index in [-0.39, 0.29) is 24.2 Å². The summed E-state index contributed by atoms with van der Waals surface area (Å²) in [5.74, 6) is -0.195. The van der Waals surface area contributed by atoms with Crippen molar-refractivity contribution in [3.63, 3.8) is 0 Å². The quantitative estimate of drug-likeness (QED) is 0.500. The number of alkyl halides is 3. The molecule has 1 aliphatic heterocycles. The van der Waals surface area contributed by atoms with Gasteiger partial charge in [0.25, 0.3) is 11.5 Å². The van der Waals surface area contributed by atoms with Gasteiger partial charge in [-0.15, -0.1) is 0 Å². The summed E-state index contributed by atoms with van der Waals surface area (Å²) in [7, 11) is 0. The molecular weight excluding hydrogens is 541 g/mol. The van der Waals surface area contributed by atoms with Gasteiger partial charge in [0.1, 0.15) is 5.82 Å². The number of benzene rings is 1. The fourth-order valence-electron chi connectivity index (χ4n) is 4.70. The van der Waals surface area contributed by atoms with E-state index in [0.717, 1.165) is 41.1 Å². The van der Waals surface area contributed by atoms with Crippen molar-refractivity contribution in [1.82, 2.24) is 19.9 Å². The Kier molecular flexibility index (Phi) is 6.24. The van der Waals surface area contributed by atoms with E-state index in [4.69, 9.17) is 4.98 Å². The van der Waals surface area contributed by atoms with E-state index in [2.05, 4.69) is 25.9 Å². The zero-order chi connectivity index (χ0) is 25.7. The Labute approximate surface area is 212 Å². The van der Waals surface area contributed by atoms with E-state index in [1.807, 2.05) is 6.07 Å². The van der Waals surface area contributed by atoms with Gasteiger partial charge >= 0.3 is 6.18 Å². The molecule has 0 spiro atoms. The van der Waals surface area contributed by atoms with E-state index >= 15 is 0 Å². The molecule has 2 N–H and O–H groups in total. The Hall–Kier alpha value is -3.05. The average Bonchev–Trinajstić information content (AvgIpc) is 3.67. The number of carbonyl (C=O) groups excluding carboxylic acids is 1. The highest BCUT2D eigenvalue weighted by atomic mass is 79.9. The molecule has 7 nitrogen and oxygen atoms in total. The number of hydrogen-bond acceptors (Lipinski definition) is 5. The molecule has 0 saturated heterocycles. The second kappa shape index (κ2) is 9.11. The van der Waals surface area contributed by atoms with Crippen molar-refractivity contribution in [2.75, 3.05) is 6.54 Å². The summed E-state index contributed by atoms with van der Waals surface area (Å²) in [4.78, 5) is 39.4. The molecule has 1 aromatic carbocycles. The number of nitrogens with zero attached hydrogens (tertiary/aromatic N) is 3. The monoisotopic (exact) mass is 562 g/mol. The SMILES string of the molecule is O=C([C@H](O)c1cccc(C(F)(F)F)c1)N1CCCc2nc(C3(c4cncc(Br)c4)CC3)[nH]c(=O)c2C1. The van der Waals surface area contributed by atoms with Crippen LogP contribution in [-0.4, -0.2) is 37.4 Å². The maximum Gasteiger partial charge on any atom is 0.416 e. The van der Waals surface area contributed by atoms with Gasteiger partial charge in [0.15, 0.2) is 6.10 Å². The second-order valence-electron chi connectivity index (χ2n) is 9.20. The molecule has 11 heteroatoms. The van der Waals surface area contributed by atoms with Gasteiger partial charge in [-0.25, -0.2) is 4.98 Å². The summed E-state index contributed by atoms with van der Waals surface area (Å²) in [5.41, 5.74) is -0.00856. The summed E-state index contributed by atoms with van der Waals surface area (Å²) in [5, 5.41) is 10.6. The highest BCUT2D eigenvalue weighted by Crippen LogP contribution is 2.52. The van der Waals surface area contributed by atoms with Crippen LogP contribution >= 0.6 is 15.9 Å². The molecule has 3 heterocycles. The highest BCUT2D eigenvalue weighted by Gasteiger charge is 2.49. The van der Waals surface area contributed by atoms with Gasteiger partial charge in [0, 0.05) is 23.4 Å². The molecular formula is C25H22BrF3N4O3. The van der Waals surface area contributed by atoms with Crippen LogP contribution in [0.25, 0.3) is 0 Å². The first kappa shape index (κ1) is 24.6. The van der Waals surface area contributed by atoms with Gasteiger partial charge in [-0.05, 0) is 70.9 Å². The van der Waals surface area contributed by atoms with Crippen molar-refractivity contribution >= 4 is 21.8 Å². The van der Waals surface area contributed by atoms with Crippen LogP contribution in [-0.2, 0) is 29.4 Å². The maximum absolute atomic E-state index is 13.1. The van der Waals surface area contributed by atoms with E-state index in [1.165, 1.54) is 11.0 Å². The van der Waals surface area contributed by atoms with Gasteiger partial charge in [-0.1, -0.05) is 12.1 Å². The fourth-order valence-corrected chi connectivity index (χ4v) is 5.06. The molecule has 1 fully saturated rings. The van der Waals surface area contributed by atoms with E-state index in [1.54, 1.807) is 12.4 Å². The third-order valence-corrected chi connectivity index (χ3v) is 7.26. The molecule has 1 amide bonds. The molecule has 1 atom stereocenters. The van der Waals surface area contributed by atoms with E-state index in [0.29, 0.717) is 29.9 Å². The molecule has 5 rings (SSSR count). The summed E-state index contributed by atoms with van der Waals surface area (Å²) < 4.78 is 40.0. The van der Waals surface area contributed by atoms with Crippen LogP contribution in [0.3, 0.4) is 0 Å². The van der Waals surface area contributed by atoms with Crippen molar-refractivity contribution < 1.29 is 23.1 Å². The minimum Gasteiger partial charge on any atom is -0.378 e. The van der Waals surface area contributed by atoms with Gasteiger partial charge in [0.05, 0.1) is 28.8 Å². The molecule has 1 aliphatic carbocycles. The number of aromatic nitrogens is 3. The van der Waals surface area contributed by atoms with Crippen LogP contribution in [0.2, 0.25) is 0 Å². The number of H-pyrrole nitrogens is 1. The topological polar surface area (TPSA) is 99.2 Å². The van der Waals surface area contributed by atoms with Crippen LogP contribution in [0.1, 0.15) is 59.1 Å². The number of rotatable bonds is 4. The average molecular weight is 563 g/mol. The number of pyridine rings is 1. The maximum atomic E-state index is 13.1. The Morgan fingerprint density at radius 3 is 2.69 bits per heavy atom. The molecule has 188 valence electrons. The van der Waals surface area contributed by atoms with E-state index in [9.17, 15) is 27.9 Å². The number of aliphatic hydroxyl groups excluding tert-OH is 1. The van der Waals surface area contributed by atoms with Crippen LogP contribution in [0, 0.1) is 0 Å². The second-order valence-corrected chi connectivity index (χ2v) is 10.1. The third-order valence-electron chi connectivity index (χ3n) is 6.83. The van der Waals surface area contributed by atoms with Gasteiger partial charge in [-0.2, -0.15) is 13.2 Å². The molecule has 3 aromatic rings. The Bertz CT molecular complexity index is 1390. The first-order valence-electron chi connectivity index (χ1n) is 11.5. The Morgan fingerprint density at radius 2 is 2.00 bits per heavy atom. The third kappa shape index (κ3) is 4.57. The number of aromatic amines is 1. The van der Waals surface area contributed by atoms with Gasteiger partial charge in [0.2, 0.25) is 0 Å². The van der Waals surface area contributed by atoms with Gasteiger partial charge in [-0.3, -0.25) is 14.6 Å². The normalized spacial score (nSPS) is 17.8. The lowest BCUT2D eigenvalue weighted by Crippen LogP contribution is -2.36. The van der Waals surface area contributed by atoms with Crippen molar-refractivity contribution in [3.05, 3.63) is 91.3 Å². The lowest BCUT2D eigenvalue weighted by atomic mass is 9.96. The summed E-state index contributed by atoms with van der Waals surface area (Å²) >= 11 is 3.43. The smallest absolute Gasteiger partial charge is 0.378 e. The van der Waals surface area contributed by atoms with Crippen LogP contribution in [0.4, 0.5) is 13.2 Å². The molecule has 2 aliphatic rings. The first-order chi connectivity index (χ1) is 17.1. The van der Waals surface area contributed by atoms with Crippen LogP contribution in [0.15, 0.2) is 52.0 Å². The molecule has 2 aromatic heterocycles. The predicted molar refractivity (Wildman–Crippen MR) is 127 cm³/mol. The zero-order valence-corrected chi connectivity index (χ0v) is 20.6. The molecule has 0 radical (unpaired) electrons. The number of aryl methyl sites for hydroxylation is 1. The van der Waals surface area contributed by atoms with Crippen molar-refractivity contribution in [2.45, 2.75) is 49.9 Å². The minimum atomic E-state index is -4.60. The zero-order valence-electron chi connectivity index (χ0n) is 19.0. The van der Waals surface area contributed by atoms with Crippen LogP contribution in [0.5, 0.6) is 0 Å². The number of hydrogen-bond donors (Lipinski definition) is 2. The minimum absolute atomic E-state index is 0.0851. The number of nitrogens with one attached hydrogen (secondary N) is 1. The van der Waals surface area contributed by atoms with E-state index < -0.39 is 29.2 Å². The number of halogens is 4. The lowest BCUT2D eigenvalue weighted by molar-refractivity contribution is -0.142. The van der Waals surface area contributed by atoms with Crippen molar-refractivity contribution in [1.29, 1.82) is 0 Å². The molecule has 36 heavy (non-hydrogen) atoms. The molecule has 0 bridgehead atoms. The molecule has 0 unspecified atom stereocenters. The Morgan fingerprint density at radius 1 is 1.22 bits per heavy atom. The lowest BCUT2D eigenvalue weighted by Gasteiger charge is -2.24. The van der Waals surface area contributed by atoms with Crippen molar-refractivity contribution in [2.24, 2.45) is 0 Å². The number of aliphatic hydroxyl groups is 1. The van der Waals surface area contributed by atoms with Crippen LogP contribution < -0.4 is 5.56 Å². The number of fused-ring (bicyclic) bond motifs is 1. The summed E-state index contributed by atoms with van der Waals surface area (Å²) in [6, 6.07) is 6.03. The Balaban J connectivity index is 1.41. The first-order valence-corrected chi connectivity index (χ1v) is 12.3. The summed E-state index contributed by atoms with van der Waals surface area (Å²) in [6.07, 6.45) is -0.328. The number of carbonyl (C=O) groups is 1. The largest absolute Gasteiger partial charge is 0.416 e. The fraction of sp³-hybridized carbons (Fsp3) is 0.360. The predicted octanol–water partition coefficient (Wildman–Crippen LogP) is 4.03. The van der Waals surface area contributed by atoms with Gasteiger partial charge < -0.3 is 15.0 Å². The molecule has 1 saturated carbocycles. The van der Waals surface area contributed by atoms with Crippen molar-refractivity contribution in [3.8, 4) is 0 Å². The highest BCUT2D eigenvalue weighted by molar-refractivity contribution is 9.10.